The van der Waals surface area contributed by atoms with E-state index in [1.54, 1.807) is 24.3 Å². The van der Waals surface area contributed by atoms with Gasteiger partial charge in [-0.2, -0.15) is 0 Å². The number of nitrogens with zero attached hydrogens (tertiary/aromatic N) is 1. The van der Waals surface area contributed by atoms with Crippen LogP contribution in [0.5, 0.6) is 11.5 Å². The quantitative estimate of drug-likeness (QED) is 0.833. The van der Waals surface area contributed by atoms with Gasteiger partial charge in [0.2, 0.25) is 5.91 Å². The van der Waals surface area contributed by atoms with Crippen LogP contribution in [0.15, 0.2) is 54.6 Å². The number of carboxylic acid groups (broad SMARTS) is 1. The Kier molecular flexibility index (Phi) is 5.53. The third-order valence-electron chi connectivity index (χ3n) is 4.49. The molecule has 3 rings (SSSR count). The smallest absolute Gasteiger partial charge is 0.308 e. The summed E-state index contributed by atoms with van der Waals surface area (Å²) in [5.41, 5.74) is 0.678. The zero-order valence-corrected chi connectivity index (χ0v) is 14.6. The summed E-state index contributed by atoms with van der Waals surface area (Å²) in [6, 6.07) is 16.6. The van der Waals surface area contributed by atoms with Crippen LogP contribution in [0.4, 0.5) is 5.69 Å². The fourth-order valence-corrected chi connectivity index (χ4v) is 3.15. The molecule has 0 unspecified atom stereocenters. The average Bonchev–Trinajstić information content (AvgIpc) is 2.98. The van der Waals surface area contributed by atoms with Crippen LogP contribution in [0, 0.1) is 11.8 Å². The predicted octanol–water partition coefficient (Wildman–Crippen LogP) is 3.07. The molecule has 2 N–H and O–H groups in total. The first-order chi connectivity index (χ1) is 12.5. The summed E-state index contributed by atoms with van der Waals surface area (Å²) in [5, 5.41) is 12.0. The van der Waals surface area contributed by atoms with Crippen LogP contribution in [-0.4, -0.2) is 41.5 Å². The number of carboxylic acids is 1. The van der Waals surface area contributed by atoms with Crippen LogP contribution in [0.1, 0.15) is 6.92 Å². The molecule has 136 valence electrons. The molecular weight excluding hydrogens is 332 g/mol. The van der Waals surface area contributed by atoms with E-state index >= 15 is 0 Å². The number of anilines is 1. The van der Waals surface area contributed by atoms with Crippen LogP contribution in [0.25, 0.3) is 0 Å². The van der Waals surface area contributed by atoms with Gasteiger partial charge in [-0.15, -0.1) is 0 Å². The lowest BCUT2D eigenvalue weighted by Gasteiger charge is -2.15. The number of aliphatic carboxylic acids is 1. The molecule has 0 radical (unpaired) electrons. The average molecular weight is 354 g/mol. The first-order valence-electron chi connectivity index (χ1n) is 8.59. The van der Waals surface area contributed by atoms with Gasteiger partial charge in [-0.1, -0.05) is 25.1 Å². The number of amides is 1. The van der Waals surface area contributed by atoms with Gasteiger partial charge in [-0.3, -0.25) is 14.5 Å². The lowest BCUT2D eigenvalue weighted by molar-refractivity contribution is -0.142. The fourth-order valence-electron chi connectivity index (χ4n) is 3.15. The molecule has 0 aromatic heterocycles. The van der Waals surface area contributed by atoms with Crippen LogP contribution in [-0.2, 0) is 9.59 Å². The van der Waals surface area contributed by atoms with Crippen LogP contribution >= 0.6 is 0 Å². The Bertz CT molecular complexity index is 761. The molecule has 26 heavy (non-hydrogen) atoms. The number of nitrogens with one attached hydrogen (secondary N) is 1. The zero-order chi connectivity index (χ0) is 18.5. The molecule has 1 aliphatic rings. The lowest BCUT2D eigenvalue weighted by atomic mass is 9.99. The predicted molar refractivity (Wildman–Crippen MR) is 98.3 cm³/mol. The van der Waals surface area contributed by atoms with Crippen molar-refractivity contribution in [1.29, 1.82) is 0 Å². The second-order valence-electron chi connectivity index (χ2n) is 6.60. The minimum absolute atomic E-state index is 0.0507. The summed E-state index contributed by atoms with van der Waals surface area (Å²) < 4.78 is 5.72. The first-order valence-corrected chi connectivity index (χ1v) is 8.59. The number of ether oxygens (including phenoxy) is 1. The highest BCUT2D eigenvalue weighted by atomic mass is 16.5. The van der Waals surface area contributed by atoms with E-state index < -0.39 is 11.9 Å². The van der Waals surface area contributed by atoms with E-state index in [9.17, 15) is 9.59 Å². The van der Waals surface area contributed by atoms with E-state index in [4.69, 9.17) is 9.84 Å². The fraction of sp³-hybridized carbons (Fsp3) is 0.300. The second kappa shape index (κ2) is 8.01. The van der Waals surface area contributed by atoms with Gasteiger partial charge in [0.05, 0.1) is 12.5 Å². The minimum Gasteiger partial charge on any atom is -0.481 e. The maximum Gasteiger partial charge on any atom is 0.308 e. The van der Waals surface area contributed by atoms with E-state index in [1.807, 2.05) is 42.2 Å². The van der Waals surface area contributed by atoms with Gasteiger partial charge in [0.15, 0.2) is 0 Å². The highest BCUT2D eigenvalue weighted by Gasteiger charge is 2.35. The Morgan fingerprint density at radius 3 is 2.35 bits per heavy atom. The van der Waals surface area contributed by atoms with Crippen molar-refractivity contribution < 1.29 is 19.4 Å². The number of carbonyl (C=O) groups excluding carboxylic acids is 1. The number of para-hydroxylation sites is 1. The molecule has 0 aliphatic carbocycles. The molecule has 1 amide bonds. The summed E-state index contributed by atoms with van der Waals surface area (Å²) in [7, 11) is 0. The van der Waals surface area contributed by atoms with Crippen molar-refractivity contribution in [2.75, 3.05) is 25.0 Å². The van der Waals surface area contributed by atoms with Crippen molar-refractivity contribution >= 4 is 17.6 Å². The topological polar surface area (TPSA) is 78.9 Å². The third kappa shape index (κ3) is 4.61. The Hall–Kier alpha value is -2.86. The summed E-state index contributed by atoms with van der Waals surface area (Å²) in [4.78, 5) is 25.2. The van der Waals surface area contributed by atoms with E-state index in [2.05, 4.69) is 5.32 Å². The normalized spacial score (nSPS) is 19.9. The van der Waals surface area contributed by atoms with Gasteiger partial charge in [-0.25, -0.2) is 0 Å². The third-order valence-corrected chi connectivity index (χ3v) is 4.49. The zero-order valence-electron chi connectivity index (χ0n) is 14.6. The number of hydrogen-bond donors (Lipinski definition) is 2. The maximum absolute atomic E-state index is 12.2. The van der Waals surface area contributed by atoms with Gasteiger partial charge >= 0.3 is 5.97 Å². The number of hydrogen-bond acceptors (Lipinski definition) is 4. The van der Waals surface area contributed by atoms with E-state index in [1.165, 1.54) is 0 Å². The van der Waals surface area contributed by atoms with Crippen molar-refractivity contribution in [3.05, 3.63) is 54.6 Å². The molecule has 1 heterocycles. The molecule has 0 spiro atoms. The van der Waals surface area contributed by atoms with Crippen LogP contribution in [0.2, 0.25) is 0 Å². The van der Waals surface area contributed by atoms with Crippen molar-refractivity contribution in [2.45, 2.75) is 6.92 Å². The molecule has 6 nitrogen and oxygen atoms in total. The number of carbonyl (C=O) groups is 2. The first kappa shape index (κ1) is 17.9. The van der Waals surface area contributed by atoms with Gasteiger partial charge in [0.1, 0.15) is 11.5 Å². The van der Waals surface area contributed by atoms with Gasteiger partial charge < -0.3 is 15.2 Å². The summed E-state index contributed by atoms with van der Waals surface area (Å²) in [6.07, 6.45) is 0. The Labute approximate surface area is 152 Å². The number of likely N-dealkylation sites (tertiary alicyclic amines) is 1. The number of benzene rings is 2. The van der Waals surface area contributed by atoms with Gasteiger partial charge in [0.25, 0.3) is 0 Å². The molecule has 2 atom stereocenters. The number of rotatable bonds is 6. The van der Waals surface area contributed by atoms with Crippen molar-refractivity contribution in [1.82, 2.24) is 4.90 Å². The lowest BCUT2D eigenvalue weighted by Crippen LogP contribution is -2.32. The van der Waals surface area contributed by atoms with E-state index in [-0.39, 0.29) is 18.4 Å². The van der Waals surface area contributed by atoms with E-state index in [0.717, 1.165) is 5.75 Å². The van der Waals surface area contributed by atoms with E-state index in [0.29, 0.717) is 24.5 Å². The second-order valence-corrected chi connectivity index (χ2v) is 6.60. The Balaban J connectivity index is 1.51. The van der Waals surface area contributed by atoms with Crippen molar-refractivity contribution in [3.8, 4) is 11.5 Å². The van der Waals surface area contributed by atoms with Crippen molar-refractivity contribution in [2.24, 2.45) is 11.8 Å². The maximum atomic E-state index is 12.2. The van der Waals surface area contributed by atoms with Crippen molar-refractivity contribution in [3.63, 3.8) is 0 Å². The standard InChI is InChI=1S/C20H22N2O4/c1-14-11-22(12-18(14)20(24)25)13-19(23)21-15-7-9-17(10-8-15)26-16-5-3-2-4-6-16/h2-10,14,18H,11-13H2,1H3,(H,21,23)(H,24,25)/t14-,18-/m1/s1. The minimum atomic E-state index is -0.797. The Morgan fingerprint density at radius 2 is 1.73 bits per heavy atom. The summed E-state index contributed by atoms with van der Waals surface area (Å²) in [5.74, 6) is 0.133. The molecular formula is C20H22N2O4. The van der Waals surface area contributed by atoms with Crippen LogP contribution < -0.4 is 10.1 Å². The van der Waals surface area contributed by atoms with Gasteiger partial charge in [-0.05, 0) is 42.3 Å². The van der Waals surface area contributed by atoms with Gasteiger partial charge in [0, 0.05) is 18.8 Å². The largest absolute Gasteiger partial charge is 0.481 e. The highest BCUT2D eigenvalue weighted by Crippen LogP contribution is 2.24. The highest BCUT2D eigenvalue weighted by molar-refractivity contribution is 5.92. The SMILES string of the molecule is C[C@@H]1CN(CC(=O)Nc2ccc(Oc3ccccc3)cc2)C[C@H]1C(=O)O. The molecule has 2 aromatic rings. The molecule has 2 aromatic carbocycles. The molecule has 1 saturated heterocycles. The molecule has 6 heteroatoms. The van der Waals surface area contributed by atoms with Crippen LogP contribution in [0.3, 0.4) is 0 Å². The molecule has 1 aliphatic heterocycles. The summed E-state index contributed by atoms with van der Waals surface area (Å²) >= 11 is 0. The molecule has 1 fully saturated rings. The molecule has 0 saturated carbocycles. The summed E-state index contributed by atoms with van der Waals surface area (Å²) in [6.45, 7) is 3.13. The Morgan fingerprint density at radius 1 is 1.08 bits per heavy atom. The molecule has 0 bridgehead atoms. The monoisotopic (exact) mass is 354 g/mol.